The summed E-state index contributed by atoms with van der Waals surface area (Å²) in [6, 6.07) is 7.41. The molecule has 1 nitrogen and oxygen atoms in total. The van der Waals surface area contributed by atoms with Crippen molar-refractivity contribution in [3.05, 3.63) is 54.1 Å². The number of benzene rings is 1. The van der Waals surface area contributed by atoms with Crippen LogP contribution >= 0.6 is 50.5 Å². The lowest BCUT2D eigenvalue weighted by Crippen LogP contribution is -2.10. The maximum atomic E-state index is 6.21. The molecule has 0 spiro atoms. The standard InChI is InChI=1S/C12H10BrCl2NS/c1-6-4-10(17-12(6)13)11(16)7-2-3-8(14)9(15)5-7/h2-5,11H,16H2,1H3. The van der Waals surface area contributed by atoms with E-state index in [1.54, 1.807) is 17.4 Å². The summed E-state index contributed by atoms with van der Waals surface area (Å²) in [4.78, 5) is 1.10. The highest BCUT2D eigenvalue weighted by atomic mass is 79.9. The van der Waals surface area contributed by atoms with Gasteiger partial charge in [0, 0.05) is 4.88 Å². The quantitative estimate of drug-likeness (QED) is 0.793. The van der Waals surface area contributed by atoms with Crippen LogP contribution in [0.4, 0.5) is 0 Å². The number of nitrogens with two attached hydrogens (primary N) is 1. The van der Waals surface area contributed by atoms with Crippen LogP contribution in [-0.4, -0.2) is 0 Å². The van der Waals surface area contributed by atoms with Gasteiger partial charge in [-0.15, -0.1) is 11.3 Å². The fourth-order valence-electron chi connectivity index (χ4n) is 1.51. The van der Waals surface area contributed by atoms with E-state index < -0.39 is 0 Å². The van der Waals surface area contributed by atoms with Gasteiger partial charge < -0.3 is 5.73 Å². The van der Waals surface area contributed by atoms with Crippen molar-refractivity contribution in [1.29, 1.82) is 0 Å². The Morgan fingerprint density at radius 3 is 2.47 bits per heavy atom. The van der Waals surface area contributed by atoms with Crippen molar-refractivity contribution in [3.8, 4) is 0 Å². The van der Waals surface area contributed by atoms with Crippen LogP contribution in [0, 0.1) is 6.92 Å². The number of rotatable bonds is 2. The summed E-state index contributed by atoms with van der Waals surface area (Å²) in [6.45, 7) is 2.05. The van der Waals surface area contributed by atoms with E-state index in [0.29, 0.717) is 10.0 Å². The molecule has 1 atom stereocenters. The van der Waals surface area contributed by atoms with E-state index >= 15 is 0 Å². The van der Waals surface area contributed by atoms with E-state index in [1.807, 2.05) is 19.1 Å². The fraction of sp³-hybridized carbons (Fsp3) is 0.167. The number of halogens is 3. The lowest BCUT2D eigenvalue weighted by molar-refractivity contribution is 0.893. The Hall–Kier alpha value is -0.0600. The second-order valence-electron chi connectivity index (χ2n) is 3.76. The minimum absolute atomic E-state index is 0.167. The first-order valence-electron chi connectivity index (χ1n) is 4.95. The van der Waals surface area contributed by atoms with Crippen LogP contribution < -0.4 is 5.73 Å². The highest BCUT2D eigenvalue weighted by molar-refractivity contribution is 9.11. The Bertz CT molecular complexity index is 534. The molecule has 0 aliphatic heterocycles. The third-order valence-corrected chi connectivity index (χ3v) is 5.44. The molecule has 17 heavy (non-hydrogen) atoms. The average molecular weight is 351 g/mol. The summed E-state index contributed by atoms with van der Waals surface area (Å²) in [5.41, 5.74) is 8.37. The van der Waals surface area contributed by atoms with Crippen molar-refractivity contribution in [2.45, 2.75) is 13.0 Å². The largest absolute Gasteiger partial charge is 0.320 e. The molecule has 0 fully saturated rings. The second kappa shape index (κ2) is 5.29. The van der Waals surface area contributed by atoms with Crippen LogP contribution in [0.5, 0.6) is 0 Å². The van der Waals surface area contributed by atoms with Crippen molar-refractivity contribution in [2.24, 2.45) is 5.73 Å². The van der Waals surface area contributed by atoms with Crippen molar-refractivity contribution >= 4 is 50.5 Å². The highest BCUT2D eigenvalue weighted by Gasteiger charge is 2.14. The third-order valence-electron chi connectivity index (χ3n) is 2.49. The van der Waals surface area contributed by atoms with Crippen molar-refractivity contribution in [3.63, 3.8) is 0 Å². The molecule has 0 saturated carbocycles. The van der Waals surface area contributed by atoms with Crippen molar-refractivity contribution in [2.75, 3.05) is 0 Å². The Morgan fingerprint density at radius 2 is 1.94 bits per heavy atom. The molecule has 0 radical (unpaired) electrons. The van der Waals surface area contributed by atoms with Gasteiger partial charge in [-0.3, -0.25) is 0 Å². The van der Waals surface area contributed by atoms with Gasteiger partial charge in [-0.05, 0) is 52.2 Å². The Labute approximate surface area is 123 Å². The second-order valence-corrected chi connectivity index (χ2v) is 6.97. The van der Waals surface area contributed by atoms with Crippen LogP contribution in [-0.2, 0) is 0 Å². The van der Waals surface area contributed by atoms with Gasteiger partial charge in [-0.1, -0.05) is 29.3 Å². The molecule has 1 unspecified atom stereocenters. The van der Waals surface area contributed by atoms with Gasteiger partial charge in [0.25, 0.3) is 0 Å². The SMILES string of the molecule is Cc1cc(C(N)c2ccc(Cl)c(Cl)c2)sc1Br. The molecule has 5 heteroatoms. The number of hydrogen-bond donors (Lipinski definition) is 1. The fourth-order valence-corrected chi connectivity index (χ4v) is 3.41. The summed E-state index contributed by atoms with van der Waals surface area (Å²) in [5.74, 6) is 0. The monoisotopic (exact) mass is 349 g/mol. The lowest BCUT2D eigenvalue weighted by Gasteiger charge is -2.10. The highest BCUT2D eigenvalue weighted by Crippen LogP contribution is 2.34. The summed E-state index contributed by atoms with van der Waals surface area (Å²) < 4.78 is 1.11. The zero-order valence-electron chi connectivity index (χ0n) is 9.01. The Balaban J connectivity index is 2.36. The van der Waals surface area contributed by atoms with E-state index in [4.69, 9.17) is 28.9 Å². The average Bonchev–Trinajstić information content (AvgIpc) is 2.62. The van der Waals surface area contributed by atoms with Gasteiger partial charge in [-0.25, -0.2) is 0 Å². The molecule has 0 aliphatic carbocycles. The van der Waals surface area contributed by atoms with Crippen LogP contribution in [0.15, 0.2) is 28.1 Å². The van der Waals surface area contributed by atoms with Gasteiger partial charge in [0.2, 0.25) is 0 Å². The molecule has 2 aromatic rings. The molecule has 2 rings (SSSR count). The predicted molar refractivity (Wildman–Crippen MR) is 79.2 cm³/mol. The minimum atomic E-state index is -0.167. The normalized spacial score (nSPS) is 12.8. The molecule has 1 aromatic carbocycles. The first-order valence-corrected chi connectivity index (χ1v) is 7.32. The number of thiophene rings is 1. The molecular weight excluding hydrogens is 341 g/mol. The molecule has 2 N–H and O–H groups in total. The zero-order chi connectivity index (χ0) is 12.6. The minimum Gasteiger partial charge on any atom is -0.320 e. The van der Waals surface area contributed by atoms with Crippen LogP contribution in [0.3, 0.4) is 0 Å². The van der Waals surface area contributed by atoms with Gasteiger partial charge >= 0.3 is 0 Å². The maximum absolute atomic E-state index is 6.21. The first kappa shape index (κ1) is 13.4. The first-order chi connectivity index (χ1) is 7.99. The number of aryl methyl sites for hydroxylation is 1. The van der Waals surface area contributed by atoms with E-state index in [2.05, 4.69) is 22.0 Å². The van der Waals surface area contributed by atoms with E-state index in [1.165, 1.54) is 5.56 Å². The number of hydrogen-bond acceptors (Lipinski definition) is 2. The predicted octanol–water partition coefficient (Wildman–Crippen LogP) is 5.17. The van der Waals surface area contributed by atoms with Crippen LogP contribution in [0.2, 0.25) is 10.0 Å². The maximum Gasteiger partial charge on any atom is 0.0731 e. The van der Waals surface area contributed by atoms with E-state index in [-0.39, 0.29) is 6.04 Å². The van der Waals surface area contributed by atoms with Gasteiger partial charge in [0.1, 0.15) is 0 Å². The van der Waals surface area contributed by atoms with Gasteiger partial charge in [0.05, 0.1) is 19.9 Å². The molecule has 1 aromatic heterocycles. The smallest absolute Gasteiger partial charge is 0.0731 e. The van der Waals surface area contributed by atoms with E-state index in [9.17, 15) is 0 Å². The van der Waals surface area contributed by atoms with Crippen molar-refractivity contribution in [1.82, 2.24) is 0 Å². The Morgan fingerprint density at radius 1 is 1.24 bits per heavy atom. The molecule has 1 heterocycles. The Kier molecular flexibility index (Phi) is 4.16. The van der Waals surface area contributed by atoms with E-state index in [0.717, 1.165) is 14.2 Å². The molecular formula is C12H10BrCl2NS. The molecule has 0 saturated heterocycles. The zero-order valence-corrected chi connectivity index (χ0v) is 12.9. The van der Waals surface area contributed by atoms with Crippen molar-refractivity contribution < 1.29 is 0 Å². The molecule has 0 amide bonds. The molecule has 0 bridgehead atoms. The molecule has 0 aliphatic rings. The third kappa shape index (κ3) is 2.85. The molecule has 90 valence electrons. The summed E-state index contributed by atoms with van der Waals surface area (Å²) >= 11 is 17.0. The summed E-state index contributed by atoms with van der Waals surface area (Å²) in [6.07, 6.45) is 0. The van der Waals surface area contributed by atoms with Gasteiger partial charge in [0.15, 0.2) is 0 Å². The topological polar surface area (TPSA) is 26.0 Å². The van der Waals surface area contributed by atoms with Crippen LogP contribution in [0.25, 0.3) is 0 Å². The van der Waals surface area contributed by atoms with Gasteiger partial charge in [-0.2, -0.15) is 0 Å². The summed E-state index contributed by atoms with van der Waals surface area (Å²) in [7, 11) is 0. The lowest BCUT2D eigenvalue weighted by atomic mass is 10.1. The van der Waals surface area contributed by atoms with Crippen LogP contribution in [0.1, 0.15) is 22.0 Å². The summed E-state index contributed by atoms with van der Waals surface area (Å²) in [5, 5.41) is 1.08.